The highest BCUT2D eigenvalue weighted by Gasteiger charge is 2.29. The standard InChI is InChI=1S/C16H25N3O/c1-20-16-9-13(8-14(17)10-16)11-18-7-4-15(12-18)19-5-2-3-6-19/h8-10,15H,2-7,11-12,17H2,1H3. The molecule has 2 N–H and O–H groups in total. The van der Waals surface area contributed by atoms with Crippen molar-refractivity contribution in [2.45, 2.75) is 31.8 Å². The first-order valence-electron chi connectivity index (χ1n) is 7.64. The highest BCUT2D eigenvalue weighted by Crippen LogP contribution is 2.24. The fourth-order valence-electron chi connectivity index (χ4n) is 3.51. The van der Waals surface area contributed by atoms with Crippen molar-refractivity contribution in [3.63, 3.8) is 0 Å². The van der Waals surface area contributed by atoms with E-state index in [1.807, 2.05) is 6.07 Å². The lowest BCUT2D eigenvalue weighted by molar-refractivity contribution is 0.230. The third-order valence-electron chi connectivity index (χ3n) is 4.54. The van der Waals surface area contributed by atoms with Gasteiger partial charge in [-0.05, 0) is 50.0 Å². The fraction of sp³-hybridized carbons (Fsp3) is 0.625. The molecule has 0 bridgehead atoms. The summed E-state index contributed by atoms with van der Waals surface area (Å²) in [6, 6.07) is 6.80. The molecule has 0 spiro atoms. The van der Waals surface area contributed by atoms with Crippen LogP contribution in [-0.2, 0) is 6.54 Å². The molecule has 110 valence electrons. The van der Waals surface area contributed by atoms with E-state index in [2.05, 4.69) is 21.9 Å². The first kappa shape index (κ1) is 13.7. The van der Waals surface area contributed by atoms with Crippen molar-refractivity contribution < 1.29 is 4.74 Å². The molecule has 0 aromatic heterocycles. The molecule has 2 aliphatic rings. The smallest absolute Gasteiger partial charge is 0.121 e. The molecule has 2 heterocycles. The van der Waals surface area contributed by atoms with Crippen LogP contribution in [0.5, 0.6) is 5.75 Å². The minimum Gasteiger partial charge on any atom is -0.497 e. The van der Waals surface area contributed by atoms with Crippen LogP contribution in [0.1, 0.15) is 24.8 Å². The number of nitrogens with two attached hydrogens (primary N) is 1. The van der Waals surface area contributed by atoms with E-state index in [4.69, 9.17) is 10.5 Å². The summed E-state index contributed by atoms with van der Waals surface area (Å²) in [5.74, 6) is 0.857. The molecule has 1 aromatic carbocycles. The summed E-state index contributed by atoms with van der Waals surface area (Å²) in [4.78, 5) is 5.21. The Labute approximate surface area is 121 Å². The van der Waals surface area contributed by atoms with E-state index in [9.17, 15) is 0 Å². The Balaban J connectivity index is 1.60. The number of ether oxygens (including phenoxy) is 1. The molecule has 4 nitrogen and oxygen atoms in total. The number of hydrogen-bond acceptors (Lipinski definition) is 4. The van der Waals surface area contributed by atoms with Crippen molar-refractivity contribution in [2.75, 3.05) is 39.0 Å². The third-order valence-corrected chi connectivity index (χ3v) is 4.54. The molecule has 0 saturated carbocycles. The maximum atomic E-state index is 5.93. The Morgan fingerprint density at radius 2 is 2.00 bits per heavy atom. The van der Waals surface area contributed by atoms with Gasteiger partial charge >= 0.3 is 0 Å². The van der Waals surface area contributed by atoms with Gasteiger partial charge in [0, 0.05) is 37.4 Å². The Morgan fingerprint density at radius 3 is 2.75 bits per heavy atom. The van der Waals surface area contributed by atoms with Gasteiger partial charge in [0.05, 0.1) is 7.11 Å². The van der Waals surface area contributed by atoms with E-state index in [1.165, 1.54) is 51.0 Å². The van der Waals surface area contributed by atoms with Crippen LogP contribution in [0.3, 0.4) is 0 Å². The first-order valence-corrected chi connectivity index (χ1v) is 7.64. The Bertz CT molecular complexity index is 457. The van der Waals surface area contributed by atoms with Gasteiger partial charge in [0.2, 0.25) is 0 Å². The molecule has 1 atom stereocenters. The lowest BCUT2D eigenvalue weighted by atomic mass is 10.2. The zero-order valence-corrected chi connectivity index (χ0v) is 12.3. The Kier molecular flexibility index (Phi) is 4.13. The van der Waals surface area contributed by atoms with Gasteiger partial charge in [-0.15, -0.1) is 0 Å². The highest BCUT2D eigenvalue weighted by atomic mass is 16.5. The molecule has 2 fully saturated rings. The van der Waals surface area contributed by atoms with Crippen LogP contribution in [0.15, 0.2) is 18.2 Å². The lowest BCUT2D eigenvalue weighted by Crippen LogP contribution is -2.35. The number of hydrogen-bond donors (Lipinski definition) is 1. The summed E-state index contributed by atoms with van der Waals surface area (Å²) in [6.45, 7) is 5.95. The molecular formula is C16H25N3O. The van der Waals surface area contributed by atoms with E-state index < -0.39 is 0 Å². The van der Waals surface area contributed by atoms with Crippen LogP contribution < -0.4 is 10.5 Å². The van der Waals surface area contributed by atoms with Gasteiger partial charge in [0.15, 0.2) is 0 Å². The third kappa shape index (κ3) is 3.07. The van der Waals surface area contributed by atoms with Gasteiger partial charge in [0.25, 0.3) is 0 Å². The second kappa shape index (κ2) is 6.02. The van der Waals surface area contributed by atoms with Gasteiger partial charge in [-0.1, -0.05) is 0 Å². The van der Waals surface area contributed by atoms with Gasteiger partial charge < -0.3 is 10.5 Å². The quantitative estimate of drug-likeness (QED) is 0.853. The van der Waals surface area contributed by atoms with Gasteiger partial charge in [-0.3, -0.25) is 9.80 Å². The molecule has 2 aliphatic heterocycles. The second-order valence-electron chi connectivity index (χ2n) is 6.04. The minimum atomic E-state index is 0.764. The zero-order valence-electron chi connectivity index (χ0n) is 12.3. The molecule has 3 rings (SSSR count). The van der Waals surface area contributed by atoms with E-state index in [1.54, 1.807) is 7.11 Å². The summed E-state index contributed by atoms with van der Waals surface area (Å²) in [6.07, 6.45) is 4.06. The van der Waals surface area contributed by atoms with Crippen LogP contribution >= 0.6 is 0 Å². The van der Waals surface area contributed by atoms with E-state index in [0.717, 1.165) is 24.0 Å². The summed E-state index contributed by atoms with van der Waals surface area (Å²) < 4.78 is 5.30. The maximum Gasteiger partial charge on any atom is 0.121 e. The average Bonchev–Trinajstić information content (AvgIpc) is 3.08. The molecule has 20 heavy (non-hydrogen) atoms. The molecule has 2 saturated heterocycles. The lowest BCUT2D eigenvalue weighted by Gasteiger charge is -2.23. The molecule has 1 unspecified atom stereocenters. The molecule has 1 aromatic rings. The number of benzene rings is 1. The second-order valence-corrected chi connectivity index (χ2v) is 6.04. The topological polar surface area (TPSA) is 41.7 Å². The summed E-state index contributed by atoms with van der Waals surface area (Å²) in [7, 11) is 1.69. The first-order chi connectivity index (χ1) is 9.74. The van der Waals surface area contributed by atoms with Crippen LogP contribution in [0.2, 0.25) is 0 Å². The SMILES string of the molecule is COc1cc(N)cc(CN2CCC(N3CCCC3)C2)c1. The summed E-state index contributed by atoms with van der Waals surface area (Å²) in [5, 5.41) is 0. The molecule has 0 aliphatic carbocycles. The number of methoxy groups -OCH3 is 1. The average molecular weight is 275 g/mol. The van der Waals surface area contributed by atoms with Crippen molar-refractivity contribution in [1.29, 1.82) is 0 Å². The monoisotopic (exact) mass is 275 g/mol. The van der Waals surface area contributed by atoms with Crippen LogP contribution in [0, 0.1) is 0 Å². The van der Waals surface area contributed by atoms with Gasteiger partial charge in [-0.25, -0.2) is 0 Å². The van der Waals surface area contributed by atoms with E-state index in [0.29, 0.717) is 0 Å². The van der Waals surface area contributed by atoms with E-state index >= 15 is 0 Å². The molecule has 4 heteroatoms. The van der Waals surface area contributed by atoms with Crippen molar-refractivity contribution >= 4 is 5.69 Å². The number of nitrogen functional groups attached to an aromatic ring is 1. The van der Waals surface area contributed by atoms with Crippen molar-refractivity contribution in [1.82, 2.24) is 9.80 Å². The molecular weight excluding hydrogens is 250 g/mol. The van der Waals surface area contributed by atoms with Gasteiger partial charge in [0.1, 0.15) is 5.75 Å². The fourth-order valence-corrected chi connectivity index (χ4v) is 3.51. The number of rotatable bonds is 4. The van der Waals surface area contributed by atoms with Crippen LogP contribution in [0.25, 0.3) is 0 Å². The maximum absolute atomic E-state index is 5.93. The van der Waals surface area contributed by atoms with Crippen LogP contribution in [0.4, 0.5) is 5.69 Å². The largest absolute Gasteiger partial charge is 0.497 e. The number of anilines is 1. The summed E-state index contributed by atoms with van der Waals surface area (Å²) >= 11 is 0. The van der Waals surface area contributed by atoms with Crippen molar-refractivity contribution in [2.24, 2.45) is 0 Å². The normalized spacial score (nSPS) is 24.4. The number of likely N-dealkylation sites (tertiary alicyclic amines) is 2. The van der Waals surface area contributed by atoms with E-state index in [-0.39, 0.29) is 0 Å². The molecule has 0 amide bonds. The molecule has 0 radical (unpaired) electrons. The highest BCUT2D eigenvalue weighted by molar-refractivity contribution is 5.47. The van der Waals surface area contributed by atoms with Crippen molar-refractivity contribution in [3.05, 3.63) is 23.8 Å². The Morgan fingerprint density at radius 1 is 1.20 bits per heavy atom. The number of nitrogens with zero attached hydrogens (tertiary/aromatic N) is 2. The Hall–Kier alpha value is -1.26. The van der Waals surface area contributed by atoms with Crippen molar-refractivity contribution in [3.8, 4) is 5.75 Å². The minimum absolute atomic E-state index is 0.764. The zero-order chi connectivity index (χ0) is 13.9. The van der Waals surface area contributed by atoms with Gasteiger partial charge in [-0.2, -0.15) is 0 Å². The predicted molar refractivity (Wildman–Crippen MR) is 81.9 cm³/mol. The predicted octanol–water partition coefficient (Wildman–Crippen LogP) is 1.95. The summed E-state index contributed by atoms with van der Waals surface area (Å²) in [5.41, 5.74) is 7.97. The van der Waals surface area contributed by atoms with Crippen LogP contribution in [-0.4, -0.2) is 49.1 Å².